The highest BCUT2D eigenvalue weighted by Crippen LogP contribution is 2.38. The summed E-state index contributed by atoms with van der Waals surface area (Å²) in [7, 11) is 1.56. The Labute approximate surface area is 72.0 Å². The fourth-order valence-electron chi connectivity index (χ4n) is 2.19. The first-order valence-electron chi connectivity index (χ1n) is 4.52. The van der Waals surface area contributed by atoms with Crippen molar-refractivity contribution in [1.82, 2.24) is 0 Å². The van der Waals surface area contributed by atoms with Crippen molar-refractivity contribution in [2.24, 2.45) is 5.92 Å². The van der Waals surface area contributed by atoms with E-state index in [0.29, 0.717) is 6.61 Å². The van der Waals surface area contributed by atoms with Gasteiger partial charge in [-0.2, -0.15) is 0 Å². The van der Waals surface area contributed by atoms with E-state index in [-0.39, 0.29) is 11.7 Å². The molecule has 1 heterocycles. The topological polar surface area (TPSA) is 35.5 Å². The summed E-state index contributed by atoms with van der Waals surface area (Å²) in [6.45, 7) is 0.671. The second-order valence-electron chi connectivity index (χ2n) is 3.55. The number of carbonyl (C=O) groups excluding carboxylic acids is 1. The third-order valence-corrected chi connectivity index (χ3v) is 2.94. The Kier molecular flexibility index (Phi) is 1.93. The van der Waals surface area contributed by atoms with Crippen molar-refractivity contribution in [3.05, 3.63) is 0 Å². The molecule has 12 heavy (non-hydrogen) atoms. The molecule has 2 unspecified atom stereocenters. The minimum absolute atomic E-state index is 0.169. The Bertz CT molecular complexity index is 190. The summed E-state index contributed by atoms with van der Waals surface area (Å²) < 4.78 is 10.6. The maximum atomic E-state index is 11.7. The summed E-state index contributed by atoms with van der Waals surface area (Å²) >= 11 is 0. The summed E-state index contributed by atoms with van der Waals surface area (Å²) in [4.78, 5) is 11.7. The highest BCUT2D eigenvalue weighted by Gasteiger charge is 2.48. The number of Topliss-reactive ketones (excluding diaryl/α,β-unsaturated/α-hetero) is 1. The molecule has 3 heteroatoms. The van der Waals surface area contributed by atoms with Crippen LogP contribution in [0.2, 0.25) is 0 Å². The van der Waals surface area contributed by atoms with Gasteiger partial charge in [0.25, 0.3) is 0 Å². The molecular formula is C9H14O3. The van der Waals surface area contributed by atoms with Crippen LogP contribution in [0.5, 0.6) is 0 Å². The Morgan fingerprint density at radius 3 is 3.08 bits per heavy atom. The maximum Gasteiger partial charge on any atom is 0.228 e. The number of methoxy groups -OCH3 is 1. The van der Waals surface area contributed by atoms with E-state index in [0.717, 1.165) is 25.7 Å². The molecule has 0 N–H and O–H groups in total. The van der Waals surface area contributed by atoms with Gasteiger partial charge in [-0.3, -0.25) is 4.79 Å². The van der Waals surface area contributed by atoms with Crippen molar-refractivity contribution < 1.29 is 14.3 Å². The lowest BCUT2D eigenvalue weighted by molar-refractivity contribution is -0.245. The van der Waals surface area contributed by atoms with Crippen LogP contribution in [0.15, 0.2) is 0 Å². The van der Waals surface area contributed by atoms with Gasteiger partial charge < -0.3 is 9.47 Å². The summed E-state index contributed by atoms with van der Waals surface area (Å²) in [5.41, 5.74) is 0. The van der Waals surface area contributed by atoms with Crippen molar-refractivity contribution in [2.75, 3.05) is 13.7 Å². The maximum absolute atomic E-state index is 11.7. The van der Waals surface area contributed by atoms with Gasteiger partial charge in [0.1, 0.15) is 0 Å². The molecule has 1 aliphatic heterocycles. The average Bonchev–Trinajstić information content (AvgIpc) is 2.05. The lowest BCUT2D eigenvalue weighted by Crippen LogP contribution is -2.53. The summed E-state index contributed by atoms with van der Waals surface area (Å²) in [5.74, 6) is -0.490. The predicted octanol–water partition coefficient (Wildman–Crippen LogP) is 1.12. The zero-order valence-electron chi connectivity index (χ0n) is 7.34. The molecule has 0 amide bonds. The van der Waals surface area contributed by atoms with Crippen molar-refractivity contribution in [2.45, 2.75) is 31.5 Å². The first-order valence-corrected chi connectivity index (χ1v) is 4.52. The van der Waals surface area contributed by atoms with Gasteiger partial charge in [0, 0.05) is 19.4 Å². The number of fused-ring (bicyclic) bond motifs is 2. The number of ketones is 1. The van der Waals surface area contributed by atoms with Gasteiger partial charge in [-0.1, -0.05) is 0 Å². The van der Waals surface area contributed by atoms with Gasteiger partial charge in [0.15, 0.2) is 5.78 Å². The molecule has 2 bridgehead atoms. The molecular weight excluding hydrogens is 156 g/mol. The largest absolute Gasteiger partial charge is 0.347 e. The number of hydrogen-bond donors (Lipinski definition) is 0. The first kappa shape index (κ1) is 8.20. The molecule has 2 rings (SSSR count). The van der Waals surface area contributed by atoms with E-state index in [2.05, 4.69) is 0 Å². The normalized spacial score (nSPS) is 41.4. The highest BCUT2D eigenvalue weighted by atomic mass is 16.7. The van der Waals surface area contributed by atoms with Crippen LogP contribution in [0, 0.1) is 5.92 Å². The third kappa shape index (κ3) is 1.00. The number of carbonyl (C=O) groups is 1. The number of rotatable bonds is 1. The number of ether oxygens (including phenoxy) is 2. The van der Waals surface area contributed by atoms with E-state index in [1.807, 2.05) is 0 Å². The summed E-state index contributed by atoms with van der Waals surface area (Å²) in [5, 5.41) is 0. The average molecular weight is 170 g/mol. The molecule has 3 nitrogen and oxygen atoms in total. The summed E-state index contributed by atoms with van der Waals surface area (Å²) in [6.07, 6.45) is 3.68. The summed E-state index contributed by atoms with van der Waals surface area (Å²) in [6, 6.07) is 0. The molecule has 0 spiro atoms. The van der Waals surface area contributed by atoms with Crippen molar-refractivity contribution in [1.29, 1.82) is 0 Å². The van der Waals surface area contributed by atoms with Gasteiger partial charge in [0.05, 0.1) is 6.61 Å². The minimum Gasteiger partial charge on any atom is -0.347 e. The Morgan fingerprint density at radius 2 is 2.42 bits per heavy atom. The molecule has 0 aromatic rings. The predicted molar refractivity (Wildman–Crippen MR) is 42.7 cm³/mol. The van der Waals surface area contributed by atoms with Crippen LogP contribution >= 0.6 is 0 Å². The molecule has 0 aromatic carbocycles. The molecule has 0 aromatic heterocycles. The standard InChI is InChI=1S/C9H14O3/c1-11-9-5-2-3-7(8(9)10)4-6-12-9/h7H,2-6H2,1H3. The van der Waals surface area contributed by atoms with Crippen LogP contribution in [0.3, 0.4) is 0 Å². The van der Waals surface area contributed by atoms with Crippen LogP contribution in [0.4, 0.5) is 0 Å². The van der Waals surface area contributed by atoms with Gasteiger partial charge in [-0.15, -0.1) is 0 Å². The second kappa shape index (κ2) is 2.82. The molecule has 1 aliphatic carbocycles. The van der Waals surface area contributed by atoms with Crippen molar-refractivity contribution in [3.63, 3.8) is 0 Å². The van der Waals surface area contributed by atoms with Crippen LogP contribution in [-0.2, 0) is 14.3 Å². The molecule has 1 saturated carbocycles. The van der Waals surface area contributed by atoms with Gasteiger partial charge in [0.2, 0.25) is 5.79 Å². The Hall–Kier alpha value is -0.410. The second-order valence-corrected chi connectivity index (χ2v) is 3.55. The minimum atomic E-state index is -0.860. The van der Waals surface area contributed by atoms with Crippen LogP contribution < -0.4 is 0 Å². The van der Waals surface area contributed by atoms with E-state index in [4.69, 9.17) is 9.47 Å². The van der Waals surface area contributed by atoms with E-state index >= 15 is 0 Å². The molecule has 2 atom stereocenters. The van der Waals surface area contributed by atoms with Crippen LogP contribution in [0.25, 0.3) is 0 Å². The SMILES string of the molecule is COC12CCCC(CCO1)C2=O. The molecule has 0 radical (unpaired) electrons. The first-order chi connectivity index (χ1) is 5.78. The third-order valence-electron chi connectivity index (χ3n) is 2.94. The Balaban J connectivity index is 2.24. The van der Waals surface area contributed by atoms with E-state index in [1.54, 1.807) is 7.11 Å². The Morgan fingerprint density at radius 1 is 1.58 bits per heavy atom. The van der Waals surface area contributed by atoms with E-state index in [9.17, 15) is 4.79 Å². The zero-order chi connectivity index (χ0) is 8.60. The van der Waals surface area contributed by atoms with E-state index in [1.165, 1.54) is 0 Å². The highest BCUT2D eigenvalue weighted by molar-refractivity contribution is 5.89. The fourth-order valence-corrected chi connectivity index (χ4v) is 2.19. The van der Waals surface area contributed by atoms with Gasteiger partial charge in [-0.05, 0) is 19.3 Å². The quantitative estimate of drug-likeness (QED) is 0.591. The molecule has 2 aliphatic rings. The molecule has 2 fully saturated rings. The van der Waals surface area contributed by atoms with Crippen molar-refractivity contribution >= 4 is 5.78 Å². The van der Waals surface area contributed by atoms with Gasteiger partial charge >= 0.3 is 0 Å². The smallest absolute Gasteiger partial charge is 0.228 e. The molecule has 1 saturated heterocycles. The van der Waals surface area contributed by atoms with Gasteiger partial charge in [-0.25, -0.2) is 0 Å². The van der Waals surface area contributed by atoms with Crippen LogP contribution in [0.1, 0.15) is 25.7 Å². The van der Waals surface area contributed by atoms with E-state index < -0.39 is 5.79 Å². The van der Waals surface area contributed by atoms with Crippen LogP contribution in [-0.4, -0.2) is 25.3 Å². The van der Waals surface area contributed by atoms with Crippen molar-refractivity contribution in [3.8, 4) is 0 Å². The lowest BCUT2D eigenvalue weighted by Gasteiger charge is -2.41. The fraction of sp³-hybridized carbons (Fsp3) is 0.889. The zero-order valence-corrected chi connectivity index (χ0v) is 7.34. The monoisotopic (exact) mass is 170 g/mol. The lowest BCUT2D eigenvalue weighted by atomic mass is 9.80. The number of hydrogen-bond acceptors (Lipinski definition) is 3. The molecule has 68 valence electrons.